The van der Waals surface area contributed by atoms with E-state index < -0.39 is 11.5 Å². The summed E-state index contributed by atoms with van der Waals surface area (Å²) in [5.41, 5.74) is 3.78. The van der Waals surface area contributed by atoms with Gasteiger partial charge in [-0.15, -0.1) is 0 Å². The quantitative estimate of drug-likeness (QED) is 0.502. The minimum absolute atomic E-state index is 0.0719. The standard InChI is InChI=1S/C22H19N5O3/c1-3-15-7-9-17(10-8-15)27-22(30)19(12-23)14(2)20(26-27)21(29)25-24-13-16-5-4-6-18(28)11-16/h4-11,13,28H,3H2,1-2H3,(H,25,29)/b24-13+. The van der Waals surface area contributed by atoms with Gasteiger partial charge in [0.05, 0.1) is 11.9 Å². The first-order valence-corrected chi connectivity index (χ1v) is 9.20. The van der Waals surface area contributed by atoms with Crippen LogP contribution in [0.5, 0.6) is 5.75 Å². The van der Waals surface area contributed by atoms with Crippen molar-refractivity contribution >= 4 is 12.1 Å². The van der Waals surface area contributed by atoms with Crippen LogP contribution < -0.4 is 11.0 Å². The molecule has 0 unspecified atom stereocenters. The van der Waals surface area contributed by atoms with Crippen LogP contribution in [0.25, 0.3) is 5.69 Å². The van der Waals surface area contributed by atoms with Gasteiger partial charge in [0.2, 0.25) is 0 Å². The van der Waals surface area contributed by atoms with Gasteiger partial charge in [0, 0.05) is 5.56 Å². The van der Waals surface area contributed by atoms with Crippen molar-refractivity contribution in [2.24, 2.45) is 5.10 Å². The fraction of sp³-hybridized carbons (Fsp3) is 0.136. The first kappa shape index (κ1) is 20.5. The molecule has 0 bridgehead atoms. The third-order valence-corrected chi connectivity index (χ3v) is 4.50. The summed E-state index contributed by atoms with van der Waals surface area (Å²) in [6.07, 6.45) is 2.20. The Morgan fingerprint density at radius 2 is 2.03 bits per heavy atom. The van der Waals surface area contributed by atoms with Crippen molar-refractivity contribution in [3.05, 3.63) is 86.8 Å². The zero-order chi connectivity index (χ0) is 21.7. The number of hydrazone groups is 1. The number of phenolic OH excluding ortho intramolecular Hbond substituents is 1. The highest BCUT2D eigenvalue weighted by atomic mass is 16.3. The maximum Gasteiger partial charge on any atom is 0.292 e. The average Bonchev–Trinajstić information content (AvgIpc) is 2.74. The molecule has 1 heterocycles. The SMILES string of the molecule is CCc1ccc(-n2nc(C(=O)N/N=C/c3cccc(O)c3)c(C)c(C#N)c2=O)cc1. The number of aromatic nitrogens is 2. The lowest BCUT2D eigenvalue weighted by molar-refractivity contribution is 0.0947. The number of rotatable bonds is 5. The van der Waals surface area contributed by atoms with Crippen LogP contribution in [0, 0.1) is 18.3 Å². The molecule has 0 spiro atoms. The predicted octanol–water partition coefficient (Wildman–Crippen LogP) is 2.44. The Kier molecular flexibility index (Phi) is 6.03. The molecule has 30 heavy (non-hydrogen) atoms. The Hall–Kier alpha value is -4.25. The van der Waals surface area contributed by atoms with E-state index in [1.54, 1.807) is 24.3 Å². The van der Waals surface area contributed by atoms with Gasteiger partial charge in [0.1, 0.15) is 17.4 Å². The molecule has 8 heteroatoms. The van der Waals surface area contributed by atoms with Gasteiger partial charge in [-0.05, 0) is 48.7 Å². The highest BCUT2D eigenvalue weighted by Gasteiger charge is 2.20. The van der Waals surface area contributed by atoms with Gasteiger partial charge in [-0.25, -0.2) is 5.43 Å². The molecule has 0 fully saturated rings. The summed E-state index contributed by atoms with van der Waals surface area (Å²) in [6.45, 7) is 3.50. The van der Waals surface area contributed by atoms with Gasteiger partial charge in [0.15, 0.2) is 5.69 Å². The molecular weight excluding hydrogens is 382 g/mol. The smallest absolute Gasteiger partial charge is 0.292 e. The molecule has 1 aromatic heterocycles. The molecule has 0 aliphatic carbocycles. The fourth-order valence-electron chi connectivity index (χ4n) is 2.82. The number of hydrogen-bond acceptors (Lipinski definition) is 6. The molecule has 0 aliphatic heterocycles. The largest absolute Gasteiger partial charge is 0.508 e. The normalized spacial score (nSPS) is 10.7. The number of amides is 1. The Labute approximate surface area is 172 Å². The van der Waals surface area contributed by atoms with Gasteiger partial charge in [-0.1, -0.05) is 31.2 Å². The monoisotopic (exact) mass is 401 g/mol. The van der Waals surface area contributed by atoms with E-state index in [1.165, 1.54) is 25.3 Å². The van der Waals surface area contributed by atoms with Crippen LogP contribution in [0.15, 0.2) is 58.4 Å². The summed E-state index contributed by atoms with van der Waals surface area (Å²) in [7, 11) is 0. The van der Waals surface area contributed by atoms with Crippen molar-refractivity contribution in [2.75, 3.05) is 0 Å². The summed E-state index contributed by atoms with van der Waals surface area (Å²) in [5, 5.41) is 26.9. The van der Waals surface area contributed by atoms with Crippen molar-refractivity contribution < 1.29 is 9.90 Å². The van der Waals surface area contributed by atoms with Crippen LogP contribution in [0.3, 0.4) is 0 Å². The van der Waals surface area contributed by atoms with Crippen LogP contribution in [0.1, 0.15) is 39.7 Å². The lowest BCUT2D eigenvalue weighted by Gasteiger charge is -2.11. The van der Waals surface area contributed by atoms with Crippen molar-refractivity contribution in [3.8, 4) is 17.5 Å². The highest BCUT2D eigenvalue weighted by Crippen LogP contribution is 2.12. The second-order valence-corrected chi connectivity index (χ2v) is 6.49. The minimum atomic E-state index is -0.667. The van der Waals surface area contributed by atoms with Gasteiger partial charge in [-0.2, -0.15) is 20.1 Å². The predicted molar refractivity (Wildman–Crippen MR) is 112 cm³/mol. The molecule has 0 atom stereocenters. The number of aromatic hydroxyl groups is 1. The van der Waals surface area contributed by atoms with Crippen LogP contribution in [0.4, 0.5) is 0 Å². The number of carbonyl (C=O) groups is 1. The van der Waals surface area contributed by atoms with Crippen LogP contribution in [-0.2, 0) is 6.42 Å². The van der Waals surface area contributed by atoms with E-state index in [1.807, 2.05) is 25.1 Å². The summed E-state index contributed by atoms with van der Waals surface area (Å²) >= 11 is 0. The number of carbonyl (C=O) groups excluding carboxylic acids is 1. The Bertz CT molecular complexity index is 1220. The van der Waals surface area contributed by atoms with Crippen molar-refractivity contribution in [2.45, 2.75) is 20.3 Å². The van der Waals surface area contributed by atoms with Crippen LogP contribution >= 0.6 is 0 Å². The molecule has 2 N–H and O–H groups in total. The van der Waals surface area contributed by atoms with E-state index in [-0.39, 0.29) is 22.6 Å². The zero-order valence-corrected chi connectivity index (χ0v) is 16.5. The number of phenols is 1. The van der Waals surface area contributed by atoms with Crippen LogP contribution in [0.2, 0.25) is 0 Å². The van der Waals surface area contributed by atoms with Gasteiger partial charge in [-0.3, -0.25) is 9.59 Å². The van der Waals surface area contributed by atoms with Crippen molar-refractivity contribution in [1.82, 2.24) is 15.2 Å². The number of nitriles is 1. The maximum absolute atomic E-state index is 12.7. The number of nitrogens with zero attached hydrogens (tertiary/aromatic N) is 4. The summed E-state index contributed by atoms with van der Waals surface area (Å²) in [6, 6.07) is 15.3. The Balaban J connectivity index is 1.96. The number of hydrogen-bond donors (Lipinski definition) is 2. The minimum Gasteiger partial charge on any atom is -0.508 e. The van der Waals surface area contributed by atoms with E-state index in [0.29, 0.717) is 11.3 Å². The molecule has 3 aromatic rings. The maximum atomic E-state index is 12.7. The highest BCUT2D eigenvalue weighted by molar-refractivity contribution is 5.94. The summed E-state index contributed by atoms with van der Waals surface area (Å²) in [5.74, 6) is -0.595. The molecule has 2 aromatic carbocycles. The molecule has 0 saturated heterocycles. The first-order chi connectivity index (χ1) is 14.4. The van der Waals surface area contributed by atoms with E-state index >= 15 is 0 Å². The van der Waals surface area contributed by atoms with Gasteiger partial charge >= 0.3 is 0 Å². The second kappa shape index (κ2) is 8.84. The third kappa shape index (κ3) is 4.25. The van der Waals surface area contributed by atoms with E-state index in [4.69, 9.17) is 0 Å². The van der Waals surface area contributed by atoms with Crippen molar-refractivity contribution in [1.29, 1.82) is 5.26 Å². The molecule has 0 saturated carbocycles. The lowest BCUT2D eigenvalue weighted by Crippen LogP contribution is -2.31. The van der Waals surface area contributed by atoms with E-state index in [9.17, 15) is 20.0 Å². The summed E-state index contributed by atoms with van der Waals surface area (Å²) < 4.78 is 1.04. The molecule has 8 nitrogen and oxygen atoms in total. The number of aryl methyl sites for hydroxylation is 1. The zero-order valence-electron chi connectivity index (χ0n) is 16.5. The van der Waals surface area contributed by atoms with E-state index in [0.717, 1.165) is 16.7 Å². The second-order valence-electron chi connectivity index (χ2n) is 6.49. The Morgan fingerprint density at radius 3 is 2.67 bits per heavy atom. The topological polar surface area (TPSA) is 120 Å². The molecule has 0 aliphatic rings. The first-order valence-electron chi connectivity index (χ1n) is 9.20. The Morgan fingerprint density at radius 1 is 1.30 bits per heavy atom. The van der Waals surface area contributed by atoms with E-state index in [2.05, 4.69) is 15.6 Å². The molecule has 0 radical (unpaired) electrons. The average molecular weight is 401 g/mol. The third-order valence-electron chi connectivity index (χ3n) is 4.50. The van der Waals surface area contributed by atoms with Gasteiger partial charge in [0.25, 0.3) is 11.5 Å². The number of nitrogens with one attached hydrogen (secondary N) is 1. The van der Waals surface area contributed by atoms with Crippen LogP contribution in [-0.4, -0.2) is 27.0 Å². The molecule has 3 rings (SSSR count). The molecule has 1 amide bonds. The number of benzene rings is 2. The molecule has 150 valence electrons. The molecular formula is C22H19N5O3. The lowest BCUT2D eigenvalue weighted by atomic mass is 10.1. The van der Waals surface area contributed by atoms with Crippen molar-refractivity contribution in [3.63, 3.8) is 0 Å². The fourth-order valence-corrected chi connectivity index (χ4v) is 2.82. The summed E-state index contributed by atoms with van der Waals surface area (Å²) in [4.78, 5) is 25.3. The van der Waals surface area contributed by atoms with Gasteiger partial charge < -0.3 is 5.11 Å².